The first-order chi connectivity index (χ1) is 6.69. The highest BCUT2D eigenvalue weighted by Crippen LogP contribution is 2.23. The van der Waals surface area contributed by atoms with Crippen LogP contribution >= 0.6 is 0 Å². The lowest BCUT2D eigenvalue weighted by Crippen LogP contribution is -2.02. The zero-order valence-corrected chi connectivity index (χ0v) is 8.02. The van der Waals surface area contributed by atoms with Crippen LogP contribution in [0, 0.1) is 11.6 Å². The summed E-state index contributed by atoms with van der Waals surface area (Å²) in [6, 6.07) is 2.21. The molecule has 0 atom stereocenters. The molecule has 0 saturated carbocycles. The van der Waals surface area contributed by atoms with Crippen molar-refractivity contribution in [3.8, 4) is 5.75 Å². The van der Waals surface area contributed by atoms with Gasteiger partial charge in [-0.2, -0.15) is 0 Å². The maximum Gasteiger partial charge on any atom is 0.162 e. The van der Waals surface area contributed by atoms with Crippen LogP contribution in [0.4, 0.5) is 8.78 Å². The molecule has 0 aliphatic carbocycles. The summed E-state index contributed by atoms with van der Waals surface area (Å²) in [5.74, 6) is -1.37. The Morgan fingerprint density at radius 3 is 2.50 bits per heavy atom. The summed E-state index contributed by atoms with van der Waals surface area (Å²) in [6.07, 6.45) is 1.32. The molecule has 2 N–H and O–H groups in total. The molecule has 0 aromatic heterocycles. The molecule has 1 aromatic carbocycles. The van der Waals surface area contributed by atoms with Crippen molar-refractivity contribution in [2.45, 2.75) is 12.8 Å². The number of halogens is 2. The van der Waals surface area contributed by atoms with E-state index in [-0.39, 0.29) is 0 Å². The van der Waals surface area contributed by atoms with Crippen LogP contribution in [0.3, 0.4) is 0 Å². The van der Waals surface area contributed by atoms with Gasteiger partial charge in [-0.15, -0.1) is 0 Å². The highest BCUT2D eigenvalue weighted by molar-refractivity contribution is 5.34. The van der Waals surface area contributed by atoms with Gasteiger partial charge in [-0.25, -0.2) is 8.78 Å². The molecule has 0 bridgehead atoms. The van der Waals surface area contributed by atoms with E-state index in [9.17, 15) is 8.78 Å². The lowest BCUT2D eigenvalue weighted by atomic mass is 10.1. The number of hydrogen-bond donors (Lipinski definition) is 1. The summed E-state index contributed by atoms with van der Waals surface area (Å²) < 4.78 is 30.6. The van der Waals surface area contributed by atoms with Crippen molar-refractivity contribution >= 4 is 0 Å². The predicted molar refractivity (Wildman–Crippen MR) is 50.3 cm³/mol. The number of aryl methyl sites for hydroxylation is 1. The van der Waals surface area contributed by atoms with Crippen molar-refractivity contribution in [2.75, 3.05) is 13.7 Å². The molecule has 14 heavy (non-hydrogen) atoms. The Morgan fingerprint density at radius 2 is 1.93 bits per heavy atom. The van der Waals surface area contributed by atoms with E-state index in [1.54, 1.807) is 0 Å². The zero-order chi connectivity index (χ0) is 10.6. The van der Waals surface area contributed by atoms with Gasteiger partial charge in [0, 0.05) is 6.07 Å². The first kappa shape index (κ1) is 10.9. The Morgan fingerprint density at radius 1 is 1.29 bits per heavy atom. The molecule has 1 rings (SSSR count). The minimum atomic E-state index is -0.890. The minimum absolute atomic E-state index is 0.373. The quantitative estimate of drug-likeness (QED) is 0.807. The summed E-state index contributed by atoms with van der Waals surface area (Å²) in [6.45, 7) is 0.516. The molecular formula is C10H13F2NO. The average Bonchev–Trinajstić information content (AvgIpc) is 2.19. The maximum absolute atomic E-state index is 12.9. The van der Waals surface area contributed by atoms with Crippen LogP contribution in [0.1, 0.15) is 12.0 Å². The van der Waals surface area contributed by atoms with E-state index in [0.29, 0.717) is 24.3 Å². The fourth-order valence-corrected chi connectivity index (χ4v) is 1.25. The molecule has 0 amide bonds. The van der Waals surface area contributed by atoms with Crippen molar-refractivity contribution in [3.05, 3.63) is 29.3 Å². The second kappa shape index (κ2) is 4.91. The number of ether oxygens (including phenoxy) is 1. The number of methoxy groups -OCH3 is 1. The predicted octanol–water partition coefficient (Wildman–Crippen LogP) is 1.86. The summed E-state index contributed by atoms with van der Waals surface area (Å²) in [5, 5.41) is 0. The number of benzene rings is 1. The van der Waals surface area contributed by atoms with Gasteiger partial charge in [-0.3, -0.25) is 0 Å². The maximum atomic E-state index is 12.9. The molecule has 2 nitrogen and oxygen atoms in total. The average molecular weight is 201 g/mol. The smallest absolute Gasteiger partial charge is 0.162 e. The van der Waals surface area contributed by atoms with Gasteiger partial charge in [0.15, 0.2) is 11.6 Å². The van der Waals surface area contributed by atoms with Crippen molar-refractivity contribution in [1.82, 2.24) is 0 Å². The molecule has 0 radical (unpaired) electrons. The second-order valence-electron chi connectivity index (χ2n) is 2.97. The minimum Gasteiger partial charge on any atom is -0.496 e. The van der Waals surface area contributed by atoms with Crippen LogP contribution in [0.2, 0.25) is 0 Å². The van der Waals surface area contributed by atoms with E-state index < -0.39 is 11.6 Å². The van der Waals surface area contributed by atoms with Gasteiger partial charge >= 0.3 is 0 Å². The van der Waals surface area contributed by atoms with Gasteiger partial charge in [0.25, 0.3) is 0 Å². The number of hydrogen-bond acceptors (Lipinski definition) is 2. The lowest BCUT2D eigenvalue weighted by Gasteiger charge is -2.08. The Kier molecular flexibility index (Phi) is 3.83. The third-order valence-corrected chi connectivity index (χ3v) is 1.97. The van der Waals surface area contributed by atoms with Crippen molar-refractivity contribution < 1.29 is 13.5 Å². The van der Waals surface area contributed by atoms with Crippen molar-refractivity contribution in [2.24, 2.45) is 5.73 Å². The Labute approximate surface area is 81.7 Å². The highest BCUT2D eigenvalue weighted by Gasteiger charge is 2.09. The van der Waals surface area contributed by atoms with Gasteiger partial charge in [-0.05, 0) is 31.0 Å². The van der Waals surface area contributed by atoms with E-state index in [0.717, 1.165) is 18.6 Å². The molecule has 0 aliphatic rings. The first-order valence-corrected chi connectivity index (χ1v) is 4.41. The van der Waals surface area contributed by atoms with Crippen LogP contribution in [0.15, 0.2) is 12.1 Å². The Bertz CT molecular complexity index is 315. The van der Waals surface area contributed by atoms with Crippen molar-refractivity contribution in [1.29, 1.82) is 0 Å². The van der Waals surface area contributed by atoms with Gasteiger partial charge in [0.1, 0.15) is 5.75 Å². The molecule has 0 fully saturated rings. The molecule has 1 aromatic rings. The van der Waals surface area contributed by atoms with Gasteiger partial charge < -0.3 is 10.5 Å². The third kappa shape index (κ3) is 2.42. The van der Waals surface area contributed by atoms with Crippen LogP contribution in [0.5, 0.6) is 5.75 Å². The molecule has 0 aliphatic heterocycles. The molecule has 4 heteroatoms. The largest absolute Gasteiger partial charge is 0.496 e. The summed E-state index contributed by atoms with van der Waals surface area (Å²) in [5.41, 5.74) is 5.98. The molecule has 0 spiro atoms. The molecule has 0 heterocycles. The van der Waals surface area contributed by atoms with Gasteiger partial charge in [0.05, 0.1) is 7.11 Å². The number of rotatable bonds is 4. The second-order valence-corrected chi connectivity index (χ2v) is 2.97. The Balaban J connectivity index is 2.95. The molecule has 0 unspecified atom stereocenters. The van der Waals surface area contributed by atoms with E-state index in [2.05, 4.69) is 0 Å². The molecule has 78 valence electrons. The summed E-state index contributed by atoms with van der Waals surface area (Å²) in [7, 11) is 1.43. The van der Waals surface area contributed by atoms with E-state index in [1.807, 2.05) is 0 Å². The topological polar surface area (TPSA) is 35.2 Å². The molecular weight excluding hydrogens is 188 g/mol. The zero-order valence-electron chi connectivity index (χ0n) is 8.02. The monoisotopic (exact) mass is 201 g/mol. The van der Waals surface area contributed by atoms with Crippen molar-refractivity contribution in [3.63, 3.8) is 0 Å². The summed E-state index contributed by atoms with van der Waals surface area (Å²) in [4.78, 5) is 0. The van der Waals surface area contributed by atoms with Crippen LogP contribution in [0.25, 0.3) is 0 Å². The number of nitrogens with two attached hydrogens (primary N) is 1. The standard InChI is InChI=1S/C10H13F2NO/c1-14-10-6-9(12)8(11)5-7(10)3-2-4-13/h5-6H,2-4,13H2,1H3. The fourth-order valence-electron chi connectivity index (χ4n) is 1.25. The van der Waals surface area contributed by atoms with Crippen LogP contribution < -0.4 is 10.5 Å². The first-order valence-electron chi connectivity index (χ1n) is 4.41. The van der Waals surface area contributed by atoms with E-state index >= 15 is 0 Å². The van der Waals surface area contributed by atoms with Crippen LogP contribution in [-0.4, -0.2) is 13.7 Å². The summed E-state index contributed by atoms with van der Waals surface area (Å²) >= 11 is 0. The highest BCUT2D eigenvalue weighted by atomic mass is 19.2. The van der Waals surface area contributed by atoms with E-state index in [4.69, 9.17) is 10.5 Å². The van der Waals surface area contributed by atoms with Gasteiger partial charge in [0.2, 0.25) is 0 Å². The lowest BCUT2D eigenvalue weighted by molar-refractivity contribution is 0.400. The van der Waals surface area contributed by atoms with E-state index in [1.165, 1.54) is 7.11 Å². The SMILES string of the molecule is COc1cc(F)c(F)cc1CCCN. The molecule has 0 saturated heterocycles. The third-order valence-electron chi connectivity index (χ3n) is 1.97. The fraction of sp³-hybridized carbons (Fsp3) is 0.400. The van der Waals surface area contributed by atoms with Gasteiger partial charge in [-0.1, -0.05) is 0 Å². The Hall–Kier alpha value is -1.16. The normalized spacial score (nSPS) is 10.3. The van der Waals surface area contributed by atoms with Crippen LogP contribution in [-0.2, 0) is 6.42 Å².